The van der Waals surface area contributed by atoms with Crippen molar-refractivity contribution in [3.63, 3.8) is 0 Å². The molecule has 0 fully saturated rings. The van der Waals surface area contributed by atoms with Crippen molar-refractivity contribution in [1.29, 1.82) is 0 Å². The van der Waals surface area contributed by atoms with Crippen LogP contribution in [0.1, 0.15) is 47.1 Å². The van der Waals surface area contributed by atoms with Gasteiger partial charge in [-0.1, -0.05) is 39.0 Å². The molecule has 2 aromatic rings. The Morgan fingerprint density at radius 1 is 0.917 bits per heavy atom. The Kier molecular flexibility index (Phi) is 4.71. The second kappa shape index (κ2) is 6.28. The van der Waals surface area contributed by atoms with Gasteiger partial charge in [0.1, 0.15) is 11.6 Å². The van der Waals surface area contributed by atoms with Crippen LogP contribution < -0.4 is 4.74 Å². The first-order chi connectivity index (χ1) is 11.0. The normalized spacial score (nSPS) is 11.9. The lowest BCUT2D eigenvalue weighted by Crippen LogP contribution is -2.22. The van der Waals surface area contributed by atoms with Crippen molar-refractivity contribution in [2.75, 3.05) is 0 Å². The van der Waals surface area contributed by atoms with E-state index < -0.39 is 0 Å². The Balaban J connectivity index is 2.44. The number of hydrogen-bond acceptors (Lipinski definition) is 1. The highest BCUT2D eigenvalue weighted by Crippen LogP contribution is 2.36. The van der Waals surface area contributed by atoms with Gasteiger partial charge in [-0.05, 0) is 61.1 Å². The van der Waals surface area contributed by atoms with Crippen LogP contribution in [0.15, 0.2) is 36.4 Å². The van der Waals surface area contributed by atoms with Gasteiger partial charge in [-0.3, -0.25) is 0 Å². The van der Waals surface area contributed by atoms with E-state index in [-0.39, 0.29) is 16.8 Å². The molecule has 0 aliphatic heterocycles. The molecular weight excluding hydrogens is 301 g/mol. The fraction of sp³-hybridized carbons (Fsp3) is 0.381. The van der Waals surface area contributed by atoms with Crippen molar-refractivity contribution < 1.29 is 9.13 Å². The molecule has 0 unspecified atom stereocenters. The number of halogens is 1. The number of benzene rings is 2. The average Bonchev–Trinajstić information content (AvgIpc) is 2.44. The van der Waals surface area contributed by atoms with Gasteiger partial charge >= 0.3 is 0 Å². The van der Waals surface area contributed by atoms with E-state index in [9.17, 15) is 4.39 Å². The summed E-state index contributed by atoms with van der Waals surface area (Å²) in [7, 11) is 0. The molecule has 126 valence electrons. The first kappa shape index (κ1) is 18.0. The van der Waals surface area contributed by atoms with Crippen molar-refractivity contribution in [2.45, 2.75) is 52.6 Å². The van der Waals surface area contributed by atoms with Crippen LogP contribution >= 0.6 is 0 Å². The lowest BCUT2D eigenvalue weighted by molar-refractivity contribution is 0.132. The quantitative estimate of drug-likeness (QED) is 0.573. The Morgan fingerprint density at radius 3 is 2.00 bits per heavy atom. The Morgan fingerprint density at radius 2 is 1.50 bits per heavy atom. The van der Waals surface area contributed by atoms with E-state index in [0.717, 1.165) is 11.1 Å². The molecule has 0 saturated heterocycles. The smallest absolute Gasteiger partial charge is 0.228 e. The summed E-state index contributed by atoms with van der Waals surface area (Å²) in [5.41, 5.74) is 2.07. The monoisotopic (exact) mass is 325 g/mol. The minimum absolute atomic E-state index is 0.223. The first-order valence-electron chi connectivity index (χ1n) is 8.02. The van der Waals surface area contributed by atoms with Crippen LogP contribution in [0, 0.1) is 12.4 Å². The third kappa shape index (κ3) is 4.14. The zero-order chi connectivity index (χ0) is 18.1. The summed E-state index contributed by atoms with van der Waals surface area (Å²) >= 11 is 0. The molecule has 0 bridgehead atoms. The van der Waals surface area contributed by atoms with E-state index in [0.29, 0.717) is 17.0 Å². The maximum atomic E-state index is 14.4. The topological polar surface area (TPSA) is 13.6 Å². The zero-order valence-electron chi connectivity index (χ0n) is 15.2. The van der Waals surface area contributed by atoms with Crippen molar-refractivity contribution in [1.82, 2.24) is 0 Å². The lowest BCUT2D eigenvalue weighted by Gasteiger charge is -2.23. The van der Waals surface area contributed by atoms with Crippen LogP contribution in [-0.4, -0.2) is 5.60 Å². The summed E-state index contributed by atoms with van der Waals surface area (Å²) in [5, 5.41) is 0. The van der Waals surface area contributed by atoms with Crippen LogP contribution in [0.4, 0.5) is 10.1 Å². The molecule has 0 radical (unpaired) electrons. The summed E-state index contributed by atoms with van der Waals surface area (Å²) in [6.07, 6.45) is 0. The largest absolute Gasteiger partial charge is 0.499 e. The van der Waals surface area contributed by atoms with Gasteiger partial charge in [0.15, 0.2) is 0 Å². The fourth-order valence-corrected chi connectivity index (χ4v) is 2.50. The molecule has 0 N–H and O–H groups in total. The first-order valence-corrected chi connectivity index (χ1v) is 8.02. The molecule has 0 aromatic heterocycles. The van der Waals surface area contributed by atoms with Gasteiger partial charge in [-0.15, -0.1) is 0 Å². The predicted molar refractivity (Wildman–Crippen MR) is 97.2 cm³/mol. The van der Waals surface area contributed by atoms with Crippen LogP contribution in [0.25, 0.3) is 16.0 Å². The predicted octanol–water partition coefficient (Wildman–Crippen LogP) is 6.52. The van der Waals surface area contributed by atoms with Gasteiger partial charge in [0.2, 0.25) is 5.69 Å². The molecule has 0 heterocycles. The minimum Gasteiger partial charge on any atom is -0.499 e. The zero-order valence-corrected chi connectivity index (χ0v) is 15.2. The number of nitrogens with zero attached hydrogens (tertiary/aromatic N) is 1. The Labute approximate surface area is 144 Å². The molecule has 2 nitrogen and oxygen atoms in total. The van der Waals surface area contributed by atoms with E-state index in [2.05, 4.69) is 4.85 Å². The van der Waals surface area contributed by atoms with E-state index in [1.165, 1.54) is 6.07 Å². The SMILES string of the molecule is [C-]#[N+]c1cc(-c2ccc(C(C)(C)C)c(F)c2)ccc1OC(C)(C)C. The maximum Gasteiger partial charge on any atom is 0.228 e. The van der Waals surface area contributed by atoms with Gasteiger partial charge in [0.25, 0.3) is 0 Å². The fourth-order valence-electron chi connectivity index (χ4n) is 2.50. The van der Waals surface area contributed by atoms with E-state index in [1.54, 1.807) is 12.1 Å². The van der Waals surface area contributed by atoms with Gasteiger partial charge < -0.3 is 4.74 Å². The third-order valence-corrected chi connectivity index (χ3v) is 3.61. The standard InChI is InChI=1S/C21H24FNO/c1-20(2,3)16-10-8-14(12-17(16)22)15-9-11-19(18(13-15)23-7)24-21(4,5)6/h8-13H,1-6H3. The summed E-state index contributed by atoms with van der Waals surface area (Å²) in [4.78, 5) is 3.55. The van der Waals surface area contributed by atoms with Crippen molar-refractivity contribution in [3.8, 4) is 16.9 Å². The maximum absolute atomic E-state index is 14.4. The number of hydrogen-bond donors (Lipinski definition) is 0. The van der Waals surface area contributed by atoms with E-state index >= 15 is 0 Å². The summed E-state index contributed by atoms with van der Waals surface area (Å²) in [6.45, 7) is 19.2. The molecule has 0 amide bonds. The Hall–Kier alpha value is -2.34. The minimum atomic E-state index is -0.374. The molecule has 0 aliphatic rings. The van der Waals surface area contributed by atoms with E-state index in [1.807, 2.05) is 59.7 Å². The molecule has 0 saturated carbocycles. The summed E-state index contributed by atoms with van der Waals surface area (Å²) in [5.74, 6) is 0.326. The molecular formula is C21H24FNO. The molecule has 3 heteroatoms. The van der Waals surface area contributed by atoms with Crippen LogP contribution in [-0.2, 0) is 5.41 Å². The van der Waals surface area contributed by atoms with E-state index in [4.69, 9.17) is 11.3 Å². The second-order valence-corrected chi connectivity index (χ2v) is 7.95. The summed E-state index contributed by atoms with van der Waals surface area (Å²) in [6, 6.07) is 10.6. The molecule has 2 rings (SSSR count). The van der Waals surface area contributed by atoms with Crippen molar-refractivity contribution in [2.24, 2.45) is 0 Å². The average molecular weight is 325 g/mol. The molecule has 0 spiro atoms. The van der Waals surface area contributed by atoms with Crippen LogP contribution in [0.5, 0.6) is 5.75 Å². The highest BCUT2D eigenvalue weighted by atomic mass is 19.1. The van der Waals surface area contributed by atoms with Gasteiger partial charge in [0.05, 0.1) is 12.2 Å². The molecule has 0 aliphatic carbocycles. The molecule has 0 atom stereocenters. The number of rotatable bonds is 2. The molecule has 24 heavy (non-hydrogen) atoms. The van der Waals surface area contributed by atoms with Gasteiger partial charge in [-0.25, -0.2) is 9.24 Å². The Bertz CT molecular complexity index is 789. The van der Waals surface area contributed by atoms with Crippen LogP contribution in [0.3, 0.4) is 0 Å². The molecule has 2 aromatic carbocycles. The highest BCUT2D eigenvalue weighted by molar-refractivity contribution is 5.72. The van der Waals surface area contributed by atoms with Crippen molar-refractivity contribution >= 4 is 5.69 Å². The van der Waals surface area contributed by atoms with Crippen LogP contribution in [0.2, 0.25) is 0 Å². The highest BCUT2D eigenvalue weighted by Gasteiger charge is 2.19. The van der Waals surface area contributed by atoms with Gasteiger partial charge in [-0.2, -0.15) is 0 Å². The lowest BCUT2D eigenvalue weighted by atomic mass is 9.85. The van der Waals surface area contributed by atoms with Gasteiger partial charge in [0, 0.05) is 0 Å². The number of ether oxygens (including phenoxy) is 1. The van der Waals surface area contributed by atoms with Crippen molar-refractivity contribution in [3.05, 3.63) is 59.2 Å². The summed E-state index contributed by atoms with van der Waals surface area (Å²) < 4.78 is 20.2. The third-order valence-electron chi connectivity index (χ3n) is 3.61. The second-order valence-electron chi connectivity index (χ2n) is 7.95.